The van der Waals surface area contributed by atoms with Crippen LogP contribution in [0.5, 0.6) is 0 Å². The molecule has 6 N–H and O–H groups in total. The fourth-order valence-electron chi connectivity index (χ4n) is 1.05. The van der Waals surface area contributed by atoms with Crippen molar-refractivity contribution < 1.29 is 13.2 Å². The van der Waals surface area contributed by atoms with Gasteiger partial charge in [0.15, 0.2) is 0 Å². The number of hydrogen-bond donors (Lipinski definition) is 4. The molecule has 0 aromatic carbocycles. The minimum Gasteiger partial charge on any atom is -0.384 e. The summed E-state index contributed by atoms with van der Waals surface area (Å²) in [5, 5.41) is 2.26. The monoisotopic (exact) mass is 259 g/mol. The Morgan fingerprint density at radius 2 is 2.12 bits per heavy atom. The summed E-state index contributed by atoms with van der Waals surface area (Å²) >= 11 is 0. The van der Waals surface area contributed by atoms with Crippen molar-refractivity contribution in [2.24, 2.45) is 5.73 Å². The Kier molecular flexibility index (Phi) is 4.24. The number of urea groups is 1. The van der Waals surface area contributed by atoms with Crippen molar-refractivity contribution >= 4 is 21.9 Å². The molecule has 2 amide bonds. The molecule has 0 aliphatic rings. The number of primary amides is 1. The zero-order valence-electron chi connectivity index (χ0n) is 8.88. The van der Waals surface area contributed by atoms with Crippen LogP contribution in [0.25, 0.3) is 0 Å². The lowest BCUT2D eigenvalue weighted by molar-refractivity contribution is 0.249. The summed E-state index contributed by atoms with van der Waals surface area (Å²) in [6.07, 6.45) is 1.30. The number of carbonyl (C=O) groups excluding carboxylic acids is 1. The highest BCUT2D eigenvalue weighted by Crippen LogP contribution is 2.09. The summed E-state index contributed by atoms with van der Waals surface area (Å²) in [4.78, 5) is 14.1. The van der Waals surface area contributed by atoms with Crippen molar-refractivity contribution in [2.45, 2.75) is 4.90 Å². The van der Waals surface area contributed by atoms with Crippen molar-refractivity contribution in [2.75, 3.05) is 18.8 Å². The zero-order chi connectivity index (χ0) is 12.9. The van der Waals surface area contributed by atoms with Crippen LogP contribution in [-0.4, -0.2) is 32.5 Å². The van der Waals surface area contributed by atoms with E-state index >= 15 is 0 Å². The summed E-state index contributed by atoms with van der Waals surface area (Å²) in [7, 11) is -3.64. The number of nitrogen functional groups attached to an aromatic ring is 1. The minimum absolute atomic E-state index is 0.0177. The second-order valence-electron chi connectivity index (χ2n) is 3.11. The number of nitrogens with one attached hydrogen (secondary N) is 2. The molecule has 94 valence electrons. The van der Waals surface area contributed by atoms with Crippen LogP contribution < -0.4 is 21.5 Å². The fourth-order valence-corrected chi connectivity index (χ4v) is 2.10. The second-order valence-corrected chi connectivity index (χ2v) is 4.87. The molecule has 0 aliphatic carbocycles. The number of sulfonamides is 1. The van der Waals surface area contributed by atoms with Crippen molar-refractivity contribution in [3.8, 4) is 0 Å². The number of pyridine rings is 1. The van der Waals surface area contributed by atoms with E-state index in [1.807, 2.05) is 0 Å². The Bertz CT molecular complexity index is 502. The number of nitrogens with zero attached hydrogens (tertiary/aromatic N) is 1. The van der Waals surface area contributed by atoms with E-state index in [1.54, 1.807) is 0 Å². The highest BCUT2D eigenvalue weighted by Gasteiger charge is 2.13. The molecular weight excluding hydrogens is 246 g/mol. The quantitative estimate of drug-likeness (QED) is 0.482. The third-order valence-corrected chi connectivity index (χ3v) is 3.24. The SMILES string of the molecule is NC(=O)NCCNS(=O)(=O)c1ccnc(N)c1. The molecule has 1 aromatic heterocycles. The topological polar surface area (TPSA) is 140 Å². The number of rotatable bonds is 5. The van der Waals surface area contributed by atoms with Gasteiger partial charge in [-0.05, 0) is 6.07 Å². The molecule has 1 heterocycles. The molecule has 0 fully saturated rings. The normalized spacial score (nSPS) is 11.1. The van der Waals surface area contributed by atoms with E-state index in [1.165, 1.54) is 18.3 Å². The Morgan fingerprint density at radius 3 is 2.71 bits per heavy atom. The van der Waals surface area contributed by atoms with Gasteiger partial charge in [0.25, 0.3) is 0 Å². The molecule has 0 radical (unpaired) electrons. The molecule has 1 rings (SSSR count). The van der Waals surface area contributed by atoms with Gasteiger partial charge in [-0.3, -0.25) is 0 Å². The van der Waals surface area contributed by atoms with Gasteiger partial charge >= 0.3 is 6.03 Å². The minimum atomic E-state index is -3.64. The molecule has 0 unspecified atom stereocenters. The first-order chi connectivity index (χ1) is 7.92. The number of hydrogen-bond acceptors (Lipinski definition) is 5. The van der Waals surface area contributed by atoms with Gasteiger partial charge < -0.3 is 16.8 Å². The van der Waals surface area contributed by atoms with E-state index in [0.29, 0.717) is 0 Å². The van der Waals surface area contributed by atoms with Crippen molar-refractivity contribution in [1.82, 2.24) is 15.0 Å². The maximum absolute atomic E-state index is 11.7. The molecule has 0 aliphatic heterocycles. The molecule has 8 nitrogen and oxygen atoms in total. The zero-order valence-corrected chi connectivity index (χ0v) is 9.70. The molecule has 0 saturated carbocycles. The van der Waals surface area contributed by atoms with Crippen LogP contribution in [0.4, 0.5) is 10.6 Å². The summed E-state index contributed by atoms with van der Waals surface area (Å²) in [5.74, 6) is 0.114. The predicted molar refractivity (Wildman–Crippen MR) is 61.4 cm³/mol. The number of nitrogens with two attached hydrogens (primary N) is 2. The lowest BCUT2D eigenvalue weighted by Gasteiger charge is -2.07. The Morgan fingerprint density at radius 1 is 1.41 bits per heavy atom. The van der Waals surface area contributed by atoms with Crippen LogP contribution >= 0.6 is 0 Å². The first kappa shape index (κ1) is 13.2. The van der Waals surface area contributed by atoms with Gasteiger partial charge in [-0.15, -0.1) is 0 Å². The van der Waals surface area contributed by atoms with Gasteiger partial charge in [0, 0.05) is 25.4 Å². The molecule has 0 saturated heterocycles. The van der Waals surface area contributed by atoms with Crippen molar-refractivity contribution in [1.29, 1.82) is 0 Å². The molecule has 1 aromatic rings. The average Bonchev–Trinajstić information content (AvgIpc) is 2.24. The first-order valence-corrected chi connectivity index (χ1v) is 6.14. The second kappa shape index (κ2) is 5.46. The maximum atomic E-state index is 11.7. The smallest absolute Gasteiger partial charge is 0.312 e. The van der Waals surface area contributed by atoms with Crippen LogP contribution in [0, 0.1) is 0 Å². The van der Waals surface area contributed by atoms with Crippen LogP contribution in [0.3, 0.4) is 0 Å². The third kappa shape index (κ3) is 4.25. The van der Waals surface area contributed by atoms with E-state index in [2.05, 4.69) is 15.0 Å². The van der Waals surface area contributed by atoms with E-state index in [4.69, 9.17) is 11.5 Å². The number of anilines is 1. The van der Waals surface area contributed by atoms with Gasteiger partial charge in [0.2, 0.25) is 10.0 Å². The molecule has 17 heavy (non-hydrogen) atoms. The largest absolute Gasteiger partial charge is 0.384 e. The molecule has 0 atom stereocenters. The Labute approximate surface area is 98.4 Å². The van der Waals surface area contributed by atoms with Gasteiger partial charge in [-0.25, -0.2) is 22.9 Å². The molecule has 9 heteroatoms. The first-order valence-electron chi connectivity index (χ1n) is 4.66. The van der Waals surface area contributed by atoms with E-state index in [9.17, 15) is 13.2 Å². The van der Waals surface area contributed by atoms with Crippen LogP contribution in [0.1, 0.15) is 0 Å². The van der Waals surface area contributed by atoms with E-state index < -0.39 is 16.1 Å². The predicted octanol–water partition coefficient (Wildman–Crippen LogP) is -1.39. The highest BCUT2D eigenvalue weighted by atomic mass is 32.2. The van der Waals surface area contributed by atoms with Gasteiger partial charge in [0.1, 0.15) is 5.82 Å². The number of amides is 2. The lowest BCUT2D eigenvalue weighted by atomic mass is 10.5. The third-order valence-electron chi connectivity index (χ3n) is 1.78. The summed E-state index contributed by atoms with van der Waals surface area (Å²) in [6, 6.07) is 1.85. The average molecular weight is 259 g/mol. The lowest BCUT2D eigenvalue weighted by Crippen LogP contribution is -2.37. The Balaban J connectivity index is 2.60. The van der Waals surface area contributed by atoms with Crippen molar-refractivity contribution in [3.63, 3.8) is 0 Å². The number of aromatic nitrogens is 1. The number of carbonyl (C=O) groups is 1. The Hall–Kier alpha value is -1.87. The van der Waals surface area contributed by atoms with E-state index in [0.717, 1.165) is 0 Å². The van der Waals surface area contributed by atoms with Crippen LogP contribution in [0.2, 0.25) is 0 Å². The van der Waals surface area contributed by atoms with Gasteiger partial charge in [-0.2, -0.15) is 0 Å². The molecule has 0 spiro atoms. The summed E-state index contributed by atoms with van der Waals surface area (Å²) in [5.41, 5.74) is 10.2. The fraction of sp³-hybridized carbons (Fsp3) is 0.250. The van der Waals surface area contributed by atoms with Crippen LogP contribution in [0.15, 0.2) is 23.2 Å². The highest BCUT2D eigenvalue weighted by molar-refractivity contribution is 7.89. The molecular formula is C8H13N5O3S. The van der Waals surface area contributed by atoms with E-state index in [-0.39, 0.29) is 23.8 Å². The summed E-state index contributed by atoms with van der Waals surface area (Å²) in [6.45, 7) is 0.141. The maximum Gasteiger partial charge on any atom is 0.312 e. The van der Waals surface area contributed by atoms with Crippen LogP contribution in [-0.2, 0) is 10.0 Å². The van der Waals surface area contributed by atoms with Gasteiger partial charge in [0.05, 0.1) is 4.90 Å². The van der Waals surface area contributed by atoms with Gasteiger partial charge in [-0.1, -0.05) is 0 Å². The summed E-state index contributed by atoms with van der Waals surface area (Å²) < 4.78 is 25.7. The standard InChI is InChI=1S/C8H13N5O3S/c9-7-5-6(1-2-11-7)17(15,16)13-4-3-12-8(10)14/h1-2,5,13H,3-4H2,(H2,9,11)(H3,10,12,14). The van der Waals surface area contributed by atoms with Crippen molar-refractivity contribution in [3.05, 3.63) is 18.3 Å². The molecule has 0 bridgehead atoms.